The molecule has 7 nitrogen and oxygen atoms in total. The number of para-hydroxylation sites is 1. The minimum absolute atomic E-state index is 0.166. The van der Waals surface area contributed by atoms with E-state index in [9.17, 15) is 9.59 Å². The molecule has 0 unspecified atom stereocenters. The van der Waals surface area contributed by atoms with Crippen molar-refractivity contribution in [2.45, 2.75) is 12.8 Å². The molecule has 4 rings (SSSR count). The van der Waals surface area contributed by atoms with Crippen molar-refractivity contribution in [3.05, 3.63) is 113 Å². The minimum Gasteiger partial charge on any atom is -0.492 e. The van der Waals surface area contributed by atoms with E-state index in [-0.39, 0.29) is 5.69 Å². The van der Waals surface area contributed by atoms with E-state index in [0.717, 1.165) is 22.1 Å². The Bertz CT molecular complexity index is 1380. The third kappa shape index (κ3) is 5.90. The lowest BCUT2D eigenvalue weighted by molar-refractivity contribution is -0.124. The maximum atomic E-state index is 12.4. The van der Waals surface area contributed by atoms with Crippen LogP contribution in [0.4, 0.5) is 0 Å². The number of fused-ring (bicyclic) bond motifs is 1. The van der Waals surface area contributed by atoms with Gasteiger partial charge in [0, 0.05) is 29.9 Å². The van der Waals surface area contributed by atoms with Gasteiger partial charge in [0.05, 0.1) is 12.1 Å². The molecule has 0 radical (unpaired) electrons. The summed E-state index contributed by atoms with van der Waals surface area (Å²) in [5.74, 6) is -0.672. The monoisotopic (exact) mass is 467 g/mol. The smallest absolute Gasteiger partial charge is 0.267 e. The van der Waals surface area contributed by atoms with E-state index in [4.69, 9.17) is 15.7 Å². The zero-order valence-electron chi connectivity index (χ0n) is 19.0. The fourth-order valence-electron chi connectivity index (χ4n) is 3.89. The Morgan fingerprint density at radius 3 is 2.49 bits per heavy atom. The van der Waals surface area contributed by atoms with Gasteiger partial charge in [0.15, 0.2) is 0 Å². The summed E-state index contributed by atoms with van der Waals surface area (Å²) in [5.41, 5.74) is 11.5. The van der Waals surface area contributed by atoms with Crippen molar-refractivity contribution in [2.24, 2.45) is 5.73 Å². The topological polar surface area (TPSA) is 115 Å². The van der Waals surface area contributed by atoms with Crippen LogP contribution >= 0.6 is 0 Å². The quantitative estimate of drug-likeness (QED) is 0.195. The van der Waals surface area contributed by atoms with Crippen LogP contribution in [0.5, 0.6) is 5.75 Å². The van der Waals surface area contributed by atoms with Crippen LogP contribution in [0.3, 0.4) is 0 Å². The van der Waals surface area contributed by atoms with Crippen molar-refractivity contribution in [2.75, 3.05) is 6.61 Å². The first-order chi connectivity index (χ1) is 17.0. The molecular formula is C28H25N3O4. The van der Waals surface area contributed by atoms with Crippen LogP contribution < -0.4 is 16.0 Å². The van der Waals surface area contributed by atoms with Gasteiger partial charge >= 0.3 is 0 Å². The Labute approximate surface area is 202 Å². The minimum atomic E-state index is -0.630. The lowest BCUT2D eigenvalue weighted by Crippen LogP contribution is -2.18. The number of pyridine rings is 1. The van der Waals surface area contributed by atoms with Crippen LogP contribution in [0.15, 0.2) is 84.9 Å². The van der Waals surface area contributed by atoms with Crippen molar-refractivity contribution in [1.82, 2.24) is 10.5 Å². The molecule has 1 heterocycles. The van der Waals surface area contributed by atoms with Crippen molar-refractivity contribution >= 4 is 28.8 Å². The van der Waals surface area contributed by atoms with Crippen LogP contribution in [-0.4, -0.2) is 28.6 Å². The summed E-state index contributed by atoms with van der Waals surface area (Å²) in [6.07, 6.45) is 3.87. The molecule has 0 spiro atoms. The van der Waals surface area contributed by atoms with E-state index >= 15 is 0 Å². The summed E-state index contributed by atoms with van der Waals surface area (Å²) in [6.45, 7) is 0.419. The first-order valence-corrected chi connectivity index (χ1v) is 11.1. The van der Waals surface area contributed by atoms with Gasteiger partial charge < -0.3 is 10.5 Å². The molecule has 0 aliphatic carbocycles. The van der Waals surface area contributed by atoms with Crippen LogP contribution in [0.25, 0.3) is 17.0 Å². The highest BCUT2D eigenvalue weighted by atomic mass is 16.5. The van der Waals surface area contributed by atoms with Crippen molar-refractivity contribution in [3.63, 3.8) is 0 Å². The number of ether oxygens (including phenoxy) is 1. The van der Waals surface area contributed by atoms with Crippen LogP contribution in [0.1, 0.15) is 32.7 Å². The number of nitrogens with zero attached hydrogens (tertiary/aromatic N) is 1. The molecule has 0 atom stereocenters. The van der Waals surface area contributed by atoms with Crippen LogP contribution in [0, 0.1) is 0 Å². The Kier molecular flexibility index (Phi) is 7.50. The summed E-state index contributed by atoms with van der Waals surface area (Å²) in [5, 5.41) is 9.49. The highest BCUT2D eigenvalue weighted by Gasteiger charge is 2.20. The van der Waals surface area contributed by atoms with Crippen molar-refractivity contribution in [3.8, 4) is 5.75 Å². The maximum Gasteiger partial charge on any atom is 0.267 e. The van der Waals surface area contributed by atoms with Gasteiger partial charge in [-0.3, -0.25) is 14.8 Å². The van der Waals surface area contributed by atoms with E-state index in [1.54, 1.807) is 11.6 Å². The van der Waals surface area contributed by atoms with Gasteiger partial charge in [-0.05, 0) is 34.9 Å². The molecule has 0 aliphatic rings. The number of primary amides is 1. The van der Waals surface area contributed by atoms with Gasteiger partial charge in [0.2, 0.25) is 0 Å². The second kappa shape index (κ2) is 11.1. The molecule has 0 saturated heterocycles. The fraction of sp³-hybridized carbons (Fsp3) is 0.107. The van der Waals surface area contributed by atoms with Gasteiger partial charge in [-0.15, -0.1) is 0 Å². The third-order valence-electron chi connectivity index (χ3n) is 5.52. The zero-order valence-corrected chi connectivity index (χ0v) is 19.0. The number of rotatable bonds is 9. The Balaban J connectivity index is 1.72. The van der Waals surface area contributed by atoms with Crippen molar-refractivity contribution in [1.29, 1.82) is 0 Å². The predicted octanol–water partition coefficient (Wildman–Crippen LogP) is 4.06. The summed E-state index contributed by atoms with van der Waals surface area (Å²) in [6, 6.07) is 25.0. The SMILES string of the molecule is NC(=O)c1nc2ccccc2c(OCCc2ccccc2)c1Cc1cccc(C=CC(=O)NO)c1. The molecule has 0 bridgehead atoms. The van der Waals surface area contributed by atoms with E-state index in [1.807, 2.05) is 78.9 Å². The van der Waals surface area contributed by atoms with Crippen molar-refractivity contribution < 1.29 is 19.5 Å². The first-order valence-electron chi connectivity index (χ1n) is 11.1. The van der Waals surface area contributed by atoms with E-state index in [2.05, 4.69) is 4.98 Å². The maximum absolute atomic E-state index is 12.4. The number of hydrogen-bond donors (Lipinski definition) is 3. The Morgan fingerprint density at radius 1 is 0.971 bits per heavy atom. The van der Waals surface area contributed by atoms with Gasteiger partial charge in [-0.1, -0.05) is 66.7 Å². The molecule has 7 heteroatoms. The molecule has 176 valence electrons. The largest absolute Gasteiger partial charge is 0.492 e. The number of carbonyl (C=O) groups is 2. The zero-order chi connectivity index (χ0) is 24.6. The average molecular weight is 468 g/mol. The van der Waals surface area contributed by atoms with Crippen LogP contribution in [0.2, 0.25) is 0 Å². The Hall–Kier alpha value is -4.49. The third-order valence-corrected chi connectivity index (χ3v) is 5.52. The lowest BCUT2D eigenvalue weighted by Gasteiger charge is -2.17. The molecule has 0 aliphatic heterocycles. The number of benzene rings is 3. The van der Waals surface area contributed by atoms with Gasteiger partial charge in [-0.25, -0.2) is 10.5 Å². The second-order valence-electron chi connectivity index (χ2n) is 7.96. The number of nitrogens with two attached hydrogens (primary N) is 1. The first kappa shape index (κ1) is 23.7. The molecule has 4 aromatic rings. The van der Waals surface area contributed by atoms with Gasteiger partial charge in [0.25, 0.3) is 11.8 Å². The molecular weight excluding hydrogens is 442 g/mol. The van der Waals surface area contributed by atoms with E-state index < -0.39 is 11.8 Å². The van der Waals surface area contributed by atoms with E-state index in [1.165, 1.54) is 6.08 Å². The highest BCUT2D eigenvalue weighted by molar-refractivity contribution is 5.98. The van der Waals surface area contributed by atoms with Gasteiger partial charge in [-0.2, -0.15) is 0 Å². The predicted molar refractivity (Wildman–Crippen MR) is 134 cm³/mol. The lowest BCUT2D eigenvalue weighted by atomic mass is 9.98. The highest BCUT2D eigenvalue weighted by Crippen LogP contribution is 2.33. The van der Waals surface area contributed by atoms with E-state index in [0.29, 0.717) is 36.3 Å². The fourth-order valence-corrected chi connectivity index (χ4v) is 3.89. The molecule has 3 aromatic carbocycles. The normalized spacial score (nSPS) is 11.0. The molecule has 2 amide bonds. The number of nitrogens with one attached hydrogen (secondary N) is 1. The second-order valence-corrected chi connectivity index (χ2v) is 7.96. The molecule has 0 fully saturated rings. The standard InChI is InChI=1S/C28H25N3O4/c29-28(33)26-23(18-21-10-6-9-20(17-21)13-14-25(32)31-34)27(22-11-4-5-12-24(22)30-26)35-16-15-19-7-2-1-3-8-19/h1-14,17,34H,15-16,18H2,(H2,29,33)(H,31,32). The number of aromatic nitrogens is 1. The Morgan fingerprint density at radius 2 is 1.71 bits per heavy atom. The molecule has 35 heavy (non-hydrogen) atoms. The number of hydroxylamine groups is 1. The van der Waals surface area contributed by atoms with Gasteiger partial charge in [0.1, 0.15) is 11.4 Å². The number of hydrogen-bond acceptors (Lipinski definition) is 5. The summed E-state index contributed by atoms with van der Waals surface area (Å²) < 4.78 is 6.30. The number of carbonyl (C=O) groups excluding carboxylic acids is 2. The van der Waals surface area contributed by atoms with Crippen LogP contribution in [-0.2, 0) is 17.6 Å². The summed E-state index contributed by atoms with van der Waals surface area (Å²) in [4.78, 5) is 28.3. The summed E-state index contributed by atoms with van der Waals surface area (Å²) >= 11 is 0. The average Bonchev–Trinajstić information content (AvgIpc) is 2.88. The molecule has 4 N–H and O–H groups in total. The molecule has 1 aromatic heterocycles. The summed E-state index contributed by atoms with van der Waals surface area (Å²) in [7, 11) is 0. The molecule has 0 saturated carbocycles. The number of amides is 2.